The summed E-state index contributed by atoms with van der Waals surface area (Å²) in [6, 6.07) is 24.3. The third-order valence-corrected chi connectivity index (χ3v) is 6.44. The largest absolute Gasteiger partial charge is 0.335 e. The van der Waals surface area contributed by atoms with Crippen LogP contribution in [-0.2, 0) is 19.6 Å². The number of amides is 1. The Balaban J connectivity index is 1.81. The second-order valence-electron chi connectivity index (χ2n) is 6.64. The molecule has 0 bridgehead atoms. The highest BCUT2D eigenvalue weighted by Crippen LogP contribution is 2.42. The van der Waals surface area contributed by atoms with Gasteiger partial charge in [-0.25, -0.2) is 12.7 Å². The van der Waals surface area contributed by atoms with E-state index in [4.69, 9.17) is 4.74 Å². The van der Waals surface area contributed by atoms with Crippen molar-refractivity contribution in [1.82, 2.24) is 4.31 Å². The molecule has 5 nitrogen and oxygen atoms in total. The first-order valence-corrected chi connectivity index (χ1v) is 10.3. The molecule has 1 fully saturated rings. The summed E-state index contributed by atoms with van der Waals surface area (Å²) in [5.74, 6) is -0.597. The van der Waals surface area contributed by atoms with Gasteiger partial charge in [-0.15, -0.1) is 0 Å². The zero-order chi connectivity index (χ0) is 19.7. The molecule has 0 aromatic heterocycles. The van der Waals surface area contributed by atoms with Gasteiger partial charge in [0, 0.05) is 5.56 Å². The van der Waals surface area contributed by atoms with Crippen molar-refractivity contribution >= 4 is 15.9 Å². The van der Waals surface area contributed by atoms with E-state index in [0.717, 1.165) is 9.87 Å². The maximum Gasteiger partial charge on any atom is 0.272 e. The summed E-state index contributed by atoms with van der Waals surface area (Å²) in [5.41, 5.74) is 2.16. The van der Waals surface area contributed by atoms with Crippen LogP contribution in [0, 0.1) is 6.92 Å². The average Bonchev–Trinajstić information content (AvgIpc) is 3.07. The molecule has 28 heavy (non-hydrogen) atoms. The smallest absolute Gasteiger partial charge is 0.272 e. The minimum atomic E-state index is -4.08. The van der Waals surface area contributed by atoms with E-state index in [1.54, 1.807) is 60.7 Å². The van der Waals surface area contributed by atoms with Gasteiger partial charge in [-0.05, 0) is 24.6 Å². The van der Waals surface area contributed by atoms with Gasteiger partial charge < -0.3 is 4.74 Å². The molecule has 1 aliphatic rings. The molecule has 1 heterocycles. The number of carbonyl (C=O) groups excluding carboxylic acids is 1. The predicted molar refractivity (Wildman–Crippen MR) is 105 cm³/mol. The number of sulfonamides is 1. The number of nitrogens with zero attached hydrogens (tertiary/aromatic N) is 1. The van der Waals surface area contributed by atoms with Crippen LogP contribution in [-0.4, -0.2) is 18.6 Å². The van der Waals surface area contributed by atoms with Crippen LogP contribution < -0.4 is 0 Å². The first-order chi connectivity index (χ1) is 13.5. The zero-order valence-corrected chi connectivity index (χ0v) is 16.0. The highest BCUT2D eigenvalue weighted by atomic mass is 32.2. The van der Waals surface area contributed by atoms with Gasteiger partial charge in [0.25, 0.3) is 15.9 Å². The Morgan fingerprint density at radius 2 is 1.32 bits per heavy atom. The third-order valence-electron chi connectivity index (χ3n) is 4.68. The molecule has 1 amide bonds. The topological polar surface area (TPSA) is 63.7 Å². The maximum absolute atomic E-state index is 13.3. The van der Waals surface area contributed by atoms with E-state index in [1.165, 1.54) is 12.1 Å². The Morgan fingerprint density at radius 3 is 1.89 bits per heavy atom. The lowest BCUT2D eigenvalue weighted by Gasteiger charge is -2.23. The second kappa shape index (κ2) is 7.22. The first kappa shape index (κ1) is 18.4. The highest BCUT2D eigenvalue weighted by Gasteiger charge is 2.48. The molecule has 4 rings (SSSR count). The predicted octanol–water partition coefficient (Wildman–Crippen LogP) is 3.98. The molecule has 0 unspecified atom stereocenters. The zero-order valence-electron chi connectivity index (χ0n) is 15.2. The van der Waals surface area contributed by atoms with Crippen molar-refractivity contribution in [2.75, 3.05) is 0 Å². The van der Waals surface area contributed by atoms with E-state index in [0.29, 0.717) is 11.1 Å². The van der Waals surface area contributed by atoms with Crippen molar-refractivity contribution in [2.45, 2.75) is 24.2 Å². The lowest BCUT2D eigenvalue weighted by Crippen LogP contribution is -2.35. The molecule has 0 spiro atoms. The summed E-state index contributed by atoms with van der Waals surface area (Å²) in [6.07, 6.45) is -2.00. The lowest BCUT2D eigenvalue weighted by atomic mass is 10.1. The van der Waals surface area contributed by atoms with Gasteiger partial charge in [-0.3, -0.25) is 4.79 Å². The molecule has 6 heteroatoms. The van der Waals surface area contributed by atoms with Crippen molar-refractivity contribution in [1.29, 1.82) is 0 Å². The fourth-order valence-electron chi connectivity index (χ4n) is 3.22. The average molecular weight is 393 g/mol. The molecule has 0 radical (unpaired) electrons. The normalized spacial score (nSPS) is 19.8. The van der Waals surface area contributed by atoms with Gasteiger partial charge in [-0.1, -0.05) is 78.4 Å². The Bertz CT molecular complexity index is 1080. The van der Waals surface area contributed by atoms with Crippen LogP contribution in [0.1, 0.15) is 29.0 Å². The maximum atomic E-state index is 13.3. The molecule has 3 aromatic carbocycles. The standard InChI is InChI=1S/C22H19NO4S/c1-16-12-14-19(15-13-16)28(25,26)23-21(24)20(17-8-4-2-5-9-17)27-22(23)18-10-6-3-7-11-18/h2-15,20,22H,1H3/t20-,22-/m1/s1. The lowest BCUT2D eigenvalue weighted by molar-refractivity contribution is -0.127. The van der Waals surface area contributed by atoms with Crippen molar-refractivity contribution in [2.24, 2.45) is 0 Å². The summed E-state index contributed by atoms with van der Waals surface area (Å²) in [5, 5.41) is 0. The van der Waals surface area contributed by atoms with Crippen LogP contribution in [0.4, 0.5) is 0 Å². The number of carbonyl (C=O) groups is 1. The van der Waals surface area contributed by atoms with E-state index < -0.39 is 28.3 Å². The Kier molecular flexibility index (Phi) is 4.75. The van der Waals surface area contributed by atoms with Crippen molar-refractivity contribution in [3.8, 4) is 0 Å². The molecular weight excluding hydrogens is 374 g/mol. The van der Waals surface area contributed by atoms with Crippen molar-refractivity contribution in [3.05, 3.63) is 102 Å². The van der Waals surface area contributed by atoms with Crippen LogP contribution in [0.5, 0.6) is 0 Å². The Morgan fingerprint density at radius 1 is 0.786 bits per heavy atom. The fraction of sp³-hybridized carbons (Fsp3) is 0.136. The summed E-state index contributed by atoms with van der Waals surface area (Å²) < 4.78 is 33.5. The third kappa shape index (κ3) is 3.21. The van der Waals surface area contributed by atoms with Gasteiger partial charge in [-0.2, -0.15) is 0 Å². The fourth-order valence-corrected chi connectivity index (χ4v) is 4.69. The van der Waals surface area contributed by atoms with Crippen LogP contribution in [0.2, 0.25) is 0 Å². The van der Waals surface area contributed by atoms with Crippen molar-refractivity contribution in [3.63, 3.8) is 0 Å². The summed E-state index contributed by atoms with van der Waals surface area (Å²) >= 11 is 0. The number of benzene rings is 3. The minimum absolute atomic E-state index is 0.0599. The van der Waals surface area contributed by atoms with Gasteiger partial charge in [0.05, 0.1) is 4.90 Å². The van der Waals surface area contributed by atoms with Crippen molar-refractivity contribution < 1.29 is 17.9 Å². The molecule has 1 saturated heterocycles. The van der Waals surface area contributed by atoms with Gasteiger partial charge >= 0.3 is 0 Å². The quantitative estimate of drug-likeness (QED) is 0.673. The van der Waals surface area contributed by atoms with E-state index in [9.17, 15) is 13.2 Å². The van der Waals surface area contributed by atoms with E-state index in [-0.39, 0.29) is 4.90 Å². The second-order valence-corrected chi connectivity index (χ2v) is 8.46. The van der Waals surface area contributed by atoms with Gasteiger partial charge in [0.1, 0.15) is 0 Å². The SMILES string of the molecule is Cc1ccc(S(=O)(=O)N2C(=O)[C@@H](c3ccccc3)O[C@@H]2c2ccccc2)cc1. The van der Waals surface area contributed by atoms with Gasteiger partial charge in [0.15, 0.2) is 12.3 Å². The van der Waals surface area contributed by atoms with Gasteiger partial charge in [0.2, 0.25) is 0 Å². The molecule has 0 aliphatic carbocycles. The van der Waals surface area contributed by atoms with Crippen LogP contribution >= 0.6 is 0 Å². The summed E-state index contributed by atoms with van der Waals surface area (Å²) in [7, 11) is -4.08. The molecule has 142 valence electrons. The number of ether oxygens (including phenoxy) is 1. The molecule has 0 N–H and O–H groups in total. The molecular formula is C22H19NO4S. The van der Waals surface area contributed by atoms with E-state index >= 15 is 0 Å². The number of aryl methyl sites for hydroxylation is 1. The first-order valence-electron chi connectivity index (χ1n) is 8.89. The number of rotatable bonds is 4. The summed E-state index contributed by atoms with van der Waals surface area (Å²) in [6.45, 7) is 1.87. The monoisotopic (exact) mass is 393 g/mol. The molecule has 2 atom stereocenters. The Labute approximate surface area is 164 Å². The van der Waals surface area contributed by atoms with Crippen LogP contribution in [0.25, 0.3) is 0 Å². The van der Waals surface area contributed by atoms with E-state index in [2.05, 4.69) is 0 Å². The number of hydrogen-bond donors (Lipinski definition) is 0. The molecule has 1 aliphatic heterocycles. The van der Waals surface area contributed by atoms with Crippen LogP contribution in [0.3, 0.4) is 0 Å². The number of hydrogen-bond acceptors (Lipinski definition) is 4. The minimum Gasteiger partial charge on any atom is -0.335 e. The van der Waals surface area contributed by atoms with Crippen LogP contribution in [0.15, 0.2) is 89.8 Å². The molecule has 3 aromatic rings. The molecule has 0 saturated carbocycles. The van der Waals surface area contributed by atoms with E-state index in [1.807, 2.05) is 19.1 Å². The highest BCUT2D eigenvalue weighted by molar-refractivity contribution is 7.89. The summed E-state index contributed by atoms with van der Waals surface area (Å²) in [4.78, 5) is 13.3. The Hall–Kier alpha value is -2.96.